The number of aromatic nitrogens is 3. The molecule has 0 unspecified atom stereocenters. The molecular formula is C13H14BrN3. The minimum atomic E-state index is 0.831. The Balaban J connectivity index is 1.99. The number of hydrogen-bond acceptors (Lipinski definition) is 2. The summed E-state index contributed by atoms with van der Waals surface area (Å²) in [5.74, 6) is 0.831. The van der Waals surface area contributed by atoms with Crippen LogP contribution in [0.1, 0.15) is 18.5 Å². The van der Waals surface area contributed by atoms with Gasteiger partial charge in [-0.2, -0.15) is 5.10 Å². The van der Waals surface area contributed by atoms with Crippen molar-refractivity contribution in [3.63, 3.8) is 0 Å². The maximum absolute atomic E-state index is 4.67. The molecule has 3 rings (SSSR count). The summed E-state index contributed by atoms with van der Waals surface area (Å²) >= 11 is 3.62. The van der Waals surface area contributed by atoms with E-state index in [1.54, 1.807) is 6.20 Å². The lowest BCUT2D eigenvalue weighted by Crippen LogP contribution is -2.03. The first-order valence-corrected chi connectivity index (χ1v) is 6.69. The van der Waals surface area contributed by atoms with Crippen molar-refractivity contribution < 1.29 is 0 Å². The third-order valence-electron chi connectivity index (χ3n) is 3.17. The van der Waals surface area contributed by atoms with E-state index in [2.05, 4.69) is 37.6 Å². The van der Waals surface area contributed by atoms with Crippen molar-refractivity contribution in [2.45, 2.75) is 26.3 Å². The molecule has 2 aromatic heterocycles. The van der Waals surface area contributed by atoms with Gasteiger partial charge < -0.3 is 0 Å². The fraction of sp³-hybridized carbons (Fsp3) is 0.385. The van der Waals surface area contributed by atoms with E-state index >= 15 is 0 Å². The average Bonchev–Trinajstić information content (AvgIpc) is 3.13. The van der Waals surface area contributed by atoms with Gasteiger partial charge >= 0.3 is 0 Å². The van der Waals surface area contributed by atoms with E-state index in [0.29, 0.717) is 0 Å². The molecule has 4 heteroatoms. The minimum absolute atomic E-state index is 0.831. The fourth-order valence-corrected chi connectivity index (χ4v) is 2.40. The predicted molar refractivity (Wildman–Crippen MR) is 70.6 cm³/mol. The molecule has 88 valence electrons. The highest BCUT2D eigenvalue weighted by atomic mass is 79.9. The third kappa shape index (κ3) is 2.14. The van der Waals surface area contributed by atoms with Crippen molar-refractivity contribution in [3.05, 3.63) is 34.6 Å². The molecule has 2 heterocycles. The number of hydrogen-bond donors (Lipinski definition) is 0. The van der Waals surface area contributed by atoms with Crippen LogP contribution in [0.3, 0.4) is 0 Å². The number of halogens is 1. The molecule has 0 aromatic carbocycles. The Morgan fingerprint density at radius 3 is 2.88 bits per heavy atom. The molecular weight excluding hydrogens is 278 g/mol. The molecule has 0 atom stereocenters. The predicted octanol–water partition coefficient (Wildman–Crippen LogP) is 3.43. The van der Waals surface area contributed by atoms with Crippen LogP contribution >= 0.6 is 15.9 Å². The van der Waals surface area contributed by atoms with E-state index in [1.165, 1.54) is 18.5 Å². The number of pyridine rings is 1. The van der Waals surface area contributed by atoms with Crippen molar-refractivity contribution >= 4 is 15.9 Å². The van der Waals surface area contributed by atoms with Crippen molar-refractivity contribution in [2.24, 2.45) is 5.92 Å². The summed E-state index contributed by atoms with van der Waals surface area (Å²) in [5.41, 5.74) is 3.07. The molecule has 17 heavy (non-hydrogen) atoms. The maximum Gasteiger partial charge on any atom is 0.125 e. The standard InChI is InChI=1S/C13H14BrN3/c1-9-12(14)13(11-4-2-3-7-15-11)16-17(9)8-10-5-6-10/h2-4,7,10H,5-6,8H2,1H3. The van der Waals surface area contributed by atoms with Gasteiger partial charge in [-0.15, -0.1) is 0 Å². The second-order valence-corrected chi connectivity index (χ2v) is 5.38. The van der Waals surface area contributed by atoms with Gasteiger partial charge in [0.05, 0.1) is 15.9 Å². The summed E-state index contributed by atoms with van der Waals surface area (Å²) in [6.07, 6.45) is 4.49. The van der Waals surface area contributed by atoms with Gasteiger partial charge in [0.2, 0.25) is 0 Å². The Labute approximate surface area is 109 Å². The Morgan fingerprint density at radius 2 is 2.24 bits per heavy atom. The summed E-state index contributed by atoms with van der Waals surface area (Å²) in [4.78, 5) is 4.35. The lowest BCUT2D eigenvalue weighted by atomic mass is 10.2. The summed E-state index contributed by atoms with van der Waals surface area (Å²) < 4.78 is 3.17. The molecule has 1 fully saturated rings. The largest absolute Gasteiger partial charge is 0.268 e. The summed E-state index contributed by atoms with van der Waals surface area (Å²) in [6.45, 7) is 3.14. The van der Waals surface area contributed by atoms with Crippen molar-refractivity contribution in [2.75, 3.05) is 0 Å². The van der Waals surface area contributed by atoms with Crippen LogP contribution in [0.25, 0.3) is 11.4 Å². The van der Waals surface area contributed by atoms with Gasteiger partial charge in [-0.25, -0.2) is 0 Å². The monoisotopic (exact) mass is 291 g/mol. The zero-order valence-electron chi connectivity index (χ0n) is 9.73. The van der Waals surface area contributed by atoms with Gasteiger partial charge in [-0.3, -0.25) is 9.67 Å². The Hall–Kier alpha value is -1.16. The van der Waals surface area contributed by atoms with Gasteiger partial charge in [0.1, 0.15) is 5.69 Å². The highest BCUT2D eigenvalue weighted by Crippen LogP contribution is 2.34. The van der Waals surface area contributed by atoms with Crippen LogP contribution in [0, 0.1) is 12.8 Å². The van der Waals surface area contributed by atoms with E-state index in [-0.39, 0.29) is 0 Å². The second-order valence-electron chi connectivity index (χ2n) is 4.59. The first-order valence-electron chi connectivity index (χ1n) is 5.90. The van der Waals surface area contributed by atoms with E-state index in [0.717, 1.165) is 28.3 Å². The Bertz CT molecular complexity index is 529. The molecule has 0 spiro atoms. The molecule has 1 aliphatic carbocycles. The van der Waals surface area contributed by atoms with Crippen LogP contribution in [0.2, 0.25) is 0 Å². The highest BCUT2D eigenvalue weighted by Gasteiger charge is 2.24. The fourth-order valence-electron chi connectivity index (χ4n) is 1.91. The molecule has 1 aliphatic rings. The maximum atomic E-state index is 4.67. The topological polar surface area (TPSA) is 30.7 Å². The van der Waals surface area contributed by atoms with Crippen LogP contribution in [-0.2, 0) is 6.54 Å². The molecule has 0 aliphatic heterocycles. The van der Waals surface area contributed by atoms with E-state index in [1.807, 2.05) is 18.2 Å². The van der Waals surface area contributed by atoms with Crippen LogP contribution in [0.5, 0.6) is 0 Å². The van der Waals surface area contributed by atoms with Gasteiger partial charge in [0.15, 0.2) is 0 Å². The van der Waals surface area contributed by atoms with E-state index in [4.69, 9.17) is 0 Å². The minimum Gasteiger partial charge on any atom is -0.268 e. The molecule has 0 radical (unpaired) electrons. The first kappa shape index (κ1) is 11.0. The van der Waals surface area contributed by atoms with E-state index < -0.39 is 0 Å². The highest BCUT2D eigenvalue weighted by molar-refractivity contribution is 9.10. The van der Waals surface area contributed by atoms with Crippen LogP contribution in [-0.4, -0.2) is 14.8 Å². The van der Waals surface area contributed by atoms with Crippen LogP contribution < -0.4 is 0 Å². The normalized spacial score (nSPS) is 15.2. The van der Waals surface area contributed by atoms with E-state index in [9.17, 15) is 0 Å². The quantitative estimate of drug-likeness (QED) is 0.867. The van der Waals surface area contributed by atoms with Crippen molar-refractivity contribution in [1.82, 2.24) is 14.8 Å². The summed E-state index contributed by atoms with van der Waals surface area (Å²) in [7, 11) is 0. The zero-order chi connectivity index (χ0) is 11.8. The molecule has 0 saturated heterocycles. The number of nitrogens with zero attached hydrogens (tertiary/aromatic N) is 3. The zero-order valence-corrected chi connectivity index (χ0v) is 11.3. The van der Waals surface area contributed by atoms with Gasteiger partial charge in [0.25, 0.3) is 0 Å². The Morgan fingerprint density at radius 1 is 1.41 bits per heavy atom. The molecule has 0 amide bonds. The van der Waals surface area contributed by atoms with Crippen LogP contribution in [0.15, 0.2) is 28.9 Å². The lowest BCUT2D eigenvalue weighted by molar-refractivity contribution is 0.551. The van der Waals surface area contributed by atoms with Crippen LogP contribution in [0.4, 0.5) is 0 Å². The Kier molecular flexibility index (Phi) is 2.74. The van der Waals surface area contributed by atoms with Gasteiger partial charge in [-0.1, -0.05) is 6.07 Å². The van der Waals surface area contributed by atoms with Crippen molar-refractivity contribution in [3.8, 4) is 11.4 Å². The SMILES string of the molecule is Cc1c(Br)c(-c2ccccn2)nn1CC1CC1. The third-order valence-corrected chi connectivity index (χ3v) is 4.12. The first-order chi connectivity index (χ1) is 8.25. The summed E-state index contributed by atoms with van der Waals surface area (Å²) in [5, 5.41) is 4.67. The van der Waals surface area contributed by atoms with Crippen molar-refractivity contribution in [1.29, 1.82) is 0 Å². The molecule has 0 N–H and O–H groups in total. The molecule has 3 nitrogen and oxygen atoms in total. The number of rotatable bonds is 3. The molecule has 1 saturated carbocycles. The smallest absolute Gasteiger partial charge is 0.125 e. The molecule has 0 bridgehead atoms. The van der Waals surface area contributed by atoms with Gasteiger partial charge in [0, 0.05) is 12.7 Å². The van der Waals surface area contributed by atoms with Gasteiger partial charge in [-0.05, 0) is 53.7 Å². The second kappa shape index (κ2) is 4.26. The summed E-state index contributed by atoms with van der Waals surface area (Å²) in [6, 6.07) is 5.91. The lowest BCUT2D eigenvalue weighted by Gasteiger charge is -2.01. The molecule has 2 aromatic rings. The average molecular weight is 292 g/mol.